The third-order valence-corrected chi connectivity index (χ3v) is 3.47. The van der Waals surface area contributed by atoms with Crippen molar-refractivity contribution in [2.24, 2.45) is 0 Å². The molecule has 4 nitrogen and oxygen atoms in total. The summed E-state index contributed by atoms with van der Waals surface area (Å²) in [5, 5.41) is 9.71. The first kappa shape index (κ1) is 14.0. The lowest BCUT2D eigenvalue weighted by Gasteiger charge is -2.16. The summed E-state index contributed by atoms with van der Waals surface area (Å²) in [6, 6.07) is 8.38. The Kier molecular flexibility index (Phi) is 5.30. The molecule has 102 valence electrons. The molecular formula is C14H19N3OS. The first-order valence-corrected chi connectivity index (χ1v) is 7.30. The third-order valence-electron chi connectivity index (χ3n) is 2.95. The van der Waals surface area contributed by atoms with E-state index in [0.717, 1.165) is 30.8 Å². The molecule has 0 saturated heterocycles. The van der Waals surface area contributed by atoms with Gasteiger partial charge in [-0.1, -0.05) is 23.5 Å². The highest BCUT2D eigenvalue weighted by Gasteiger charge is 2.14. The molecular weight excluding hydrogens is 258 g/mol. The molecule has 2 rings (SSSR count). The molecule has 0 aliphatic carbocycles. The van der Waals surface area contributed by atoms with Gasteiger partial charge in [0.2, 0.25) is 0 Å². The minimum absolute atomic E-state index is 0.214. The summed E-state index contributed by atoms with van der Waals surface area (Å²) in [6.07, 6.45) is 1.99. The first-order chi connectivity index (χ1) is 9.33. The average molecular weight is 277 g/mol. The van der Waals surface area contributed by atoms with E-state index in [4.69, 9.17) is 4.74 Å². The van der Waals surface area contributed by atoms with Gasteiger partial charge in [-0.15, -0.1) is 5.10 Å². The zero-order valence-corrected chi connectivity index (χ0v) is 12.1. The zero-order valence-electron chi connectivity index (χ0n) is 11.3. The number of benzene rings is 1. The van der Waals surface area contributed by atoms with Gasteiger partial charge in [0.1, 0.15) is 5.75 Å². The van der Waals surface area contributed by atoms with Crippen LogP contribution < -0.4 is 10.1 Å². The predicted molar refractivity (Wildman–Crippen MR) is 77.6 cm³/mol. The highest BCUT2D eigenvalue weighted by Crippen LogP contribution is 2.20. The van der Waals surface area contributed by atoms with Crippen molar-refractivity contribution in [3.8, 4) is 5.75 Å². The molecule has 1 aromatic carbocycles. The Hall–Kier alpha value is -1.46. The minimum Gasteiger partial charge on any atom is -0.497 e. The maximum absolute atomic E-state index is 5.26. The SMILES string of the molecule is CCCNC(Cc1cccc(OC)c1)c1csnn1. The Morgan fingerprint density at radius 3 is 3.00 bits per heavy atom. The van der Waals surface area contributed by atoms with Crippen LogP contribution >= 0.6 is 11.5 Å². The van der Waals surface area contributed by atoms with Crippen LogP contribution in [0.15, 0.2) is 29.6 Å². The summed E-state index contributed by atoms with van der Waals surface area (Å²) < 4.78 is 9.22. The molecule has 0 radical (unpaired) electrons. The number of rotatable bonds is 7. The van der Waals surface area contributed by atoms with Crippen molar-refractivity contribution in [3.63, 3.8) is 0 Å². The van der Waals surface area contributed by atoms with Crippen molar-refractivity contribution in [1.29, 1.82) is 0 Å². The lowest BCUT2D eigenvalue weighted by atomic mass is 10.0. The largest absolute Gasteiger partial charge is 0.497 e. The van der Waals surface area contributed by atoms with Gasteiger partial charge in [-0.3, -0.25) is 0 Å². The van der Waals surface area contributed by atoms with Crippen molar-refractivity contribution in [3.05, 3.63) is 40.9 Å². The van der Waals surface area contributed by atoms with Crippen molar-refractivity contribution >= 4 is 11.5 Å². The van der Waals surface area contributed by atoms with Gasteiger partial charge >= 0.3 is 0 Å². The number of methoxy groups -OCH3 is 1. The molecule has 1 heterocycles. The molecule has 1 atom stereocenters. The molecule has 0 spiro atoms. The summed E-state index contributed by atoms with van der Waals surface area (Å²) in [7, 11) is 1.69. The van der Waals surface area contributed by atoms with Gasteiger partial charge in [-0.25, -0.2) is 0 Å². The van der Waals surface area contributed by atoms with Crippen molar-refractivity contribution in [2.45, 2.75) is 25.8 Å². The molecule has 1 aromatic heterocycles. The summed E-state index contributed by atoms with van der Waals surface area (Å²) in [5.74, 6) is 0.892. The number of hydrogen-bond donors (Lipinski definition) is 1. The second kappa shape index (κ2) is 7.21. The monoisotopic (exact) mass is 277 g/mol. The van der Waals surface area contributed by atoms with Crippen molar-refractivity contribution in [1.82, 2.24) is 14.9 Å². The smallest absolute Gasteiger partial charge is 0.119 e. The molecule has 1 unspecified atom stereocenters. The summed E-state index contributed by atoms with van der Waals surface area (Å²) in [6.45, 7) is 3.14. The molecule has 0 fully saturated rings. The molecule has 5 heteroatoms. The number of hydrogen-bond acceptors (Lipinski definition) is 5. The van der Waals surface area contributed by atoms with Gasteiger partial charge in [0, 0.05) is 5.38 Å². The minimum atomic E-state index is 0.214. The van der Waals surface area contributed by atoms with E-state index < -0.39 is 0 Å². The van der Waals surface area contributed by atoms with Crippen LogP contribution in [0.1, 0.15) is 30.6 Å². The van der Waals surface area contributed by atoms with Crippen molar-refractivity contribution in [2.75, 3.05) is 13.7 Å². The van der Waals surface area contributed by atoms with Crippen LogP contribution in [0.3, 0.4) is 0 Å². The van der Waals surface area contributed by atoms with E-state index in [1.54, 1.807) is 7.11 Å². The second-order valence-electron chi connectivity index (χ2n) is 4.39. The lowest BCUT2D eigenvalue weighted by Crippen LogP contribution is -2.24. The molecule has 19 heavy (non-hydrogen) atoms. The normalized spacial score (nSPS) is 12.3. The van der Waals surface area contributed by atoms with Crippen LogP contribution in [0.4, 0.5) is 0 Å². The van der Waals surface area contributed by atoms with Crippen LogP contribution in [-0.4, -0.2) is 23.2 Å². The number of ether oxygens (including phenoxy) is 1. The summed E-state index contributed by atoms with van der Waals surface area (Å²) in [5.41, 5.74) is 2.25. The van der Waals surface area contributed by atoms with Gasteiger partial charge in [-0.05, 0) is 48.6 Å². The fourth-order valence-electron chi connectivity index (χ4n) is 1.96. The van der Waals surface area contributed by atoms with E-state index >= 15 is 0 Å². The number of nitrogens with zero attached hydrogens (tertiary/aromatic N) is 2. The Bertz CT molecular complexity index is 487. The Morgan fingerprint density at radius 2 is 2.32 bits per heavy atom. The maximum atomic E-state index is 5.26. The average Bonchev–Trinajstić information content (AvgIpc) is 2.97. The Balaban J connectivity index is 2.10. The molecule has 0 bridgehead atoms. The molecule has 0 saturated carbocycles. The lowest BCUT2D eigenvalue weighted by molar-refractivity contribution is 0.413. The van der Waals surface area contributed by atoms with Gasteiger partial charge in [0.05, 0.1) is 18.8 Å². The first-order valence-electron chi connectivity index (χ1n) is 6.46. The highest BCUT2D eigenvalue weighted by atomic mass is 32.1. The van der Waals surface area contributed by atoms with Crippen LogP contribution in [0, 0.1) is 0 Å². The van der Waals surface area contributed by atoms with E-state index in [2.05, 4.69) is 34.0 Å². The Labute approximate surface area is 118 Å². The van der Waals surface area contributed by atoms with Crippen LogP contribution in [0.2, 0.25) is 0 Å². The number of nitrogens with one attached hydrogen (secondary N) is 1. The van der Waals surface area contributed by atoms with Gasteiger partial charge in [0.15, 0.2) is 0 Å². The van der Waals surface area contributed by atoms with E-state index in [9.17, 15) is 0 Å². The molecule has 2 aromatic rings. The van der Waals surface area contributed by atoms with E-state index in [-0.39, 0.29) is 6.04 Å². The maximum Gasteiger partial charge on any atom is 0.119 e. The van der Waals surface area contributed by atoms with E-state index in [1.165, 1.54) is 17.1 Å². The zero-order chi connectivity index (χ0) is 13.5. The number of aromatic nitrogens is 2. The predicted octanol–water partition coefficient (Wildman–Crippen LogP) is 2.83. The van der Waals surface area contributed by atoms with E-state index in [0.29, 0.717) is 0 Å². The fourth-order valence-corrected chi connectivity index (χ4v) is 2.47. The highest BCUT2D eigenvalue weighted by molar-refractivity contribution is 7.03. The van der Waals surface area contributed by atoms with Crippen LogP contribution in [-0.2, 0) is 6.42 Å². The quantitative estimate of drug-likeness (QED) is 0.845. The molecule has 0 amide bonds. The third kappa shape index (κ3) is 4.01. The summed E-state index contributed by atoms with van der Waals surface area (Å²) in [4.78, 5) is 0. The second-order valence-corrected chi connectivity index (χ2v) is 5.00. The summed E-state index contributed by atoms with van der Waals surface area (Å²) >= 11 is 1.39. The standard InChI is InChI=1S/C14H19N3OS/c1-3-7-15-13(14-10-19-17-16-14)9-11-5-4-6-12(8-11)18-2/h4-6,8,10,13,15H,3,7,9H2,1-2H3. The molecule has 0 aliphatic rings. The molecule has 1 N–H and O–H groups in total. The van der Waals surface area contributed by atoms with Crippen LogP contribution in [0.5, 0.6) is 5.75 Å². The Morgan fingerprint density at radius 1 is 1.42 bits per heavy atom. The molecule has 0 aliphatic heterocycles. The van der Waals surface area contributed by atoms with Crippen molar-refractivity contribution < 1.29 is 4.74 Å². The van der Waals surface area contributed by atoms with Crippen LogP contribution in [0.25, 0.3) is 0 Å². The fraction of sp³-hybridized carbons (Fsp3) is 0.429. The topological polar surface area (TPSA) is 47.0 Å². The van der Waals surface area contributed by atoms with Gasteiger partial charge in [0.25, 0.3) is 0 Å². The van der Waals surface area contributed by atoms with Gasteiger partial charge in [-0.2, -0.15) is 0 Å². The van der Waals surface area contributed by atoms with Gasteiger partial charge < -0.3 is 10.1 Å². The van der Waals surface area contributed by atoms with E-state index in [1.807, 2.05) is 17.5 Å².